The summed E-state index contributed by atoms with van der Waals surface area (Å²) < 4.78 is 0. The third-order valence-electron chi connectivity index (χ3n) is 2.15. The highest BCUT2D eigenvalue weighted by Gasteiger charge is 2.23. The van der Waals surface area contributed by atoms with Crippen molar-refractivity contribution in [2.24, 2.45) is 5.73 Å². The van der Waals surface area contributed by atoms with E-state index in [0.29, 0.717) is 11.1 Å². The average molecular weight is 211 g/mol. The molecule has 2 atom stereocenters. The Labute approximate surface area is 86.8 Å². The quantitative estimate of drug-likeness (QED) is 0.545. The highest BCUT2D eigenvalue weighted by atomic mass is 16.3. The number of rotatable bonds is 3. The first-order valence-corrected chi connectivity index (χ1v) is 4.38. The fourth-order valence-electron chi connectivity index (χ4n) is 1.20. The van der Waals surface area contributed by atoms with Crippen molar-refractivity contribution in [2.45, 2.75) is 19.1 Å². The van der Waals surface area contributed by atoms with Gasteiger partial charge in [0.25, 0.3) is 0 Å². The van der Waals surface area contributed by atoms with Crippen LogP contribution in [0.2, 0.25) is 0 Å². The van der Waals surface area contributed by atoms with Gasteiger partial charge in [-0.25, -0.2) is 0 Å². The standard InChI is InChI=1S/C10H13NO4/c1-5-4-6(2-3-7(5)12)8(13)9(14)10(11)15/h2-4,8-9,12-14H,1H3,(H2,11,15). The number of aromatic hydroxyl groups is 1. The van der Waals surface area contributed by atoms with E-state index in [9.17, 15) is 20.1 Å². The van der Waals surface area contributed by atoms with Crippen molar-refractivity contribution in [3.63, 3.8) is 0 Å². The predicted octanol–water partition coefficient (Wildman–Crippen LogP) is -0.420. The first-order chi connectivity index (χ1) is 6.93. The van der Waals surface area contributed by atoms with Crippen LogP contribution < -0.4 is 5.73 Å². The first-order valence-electron chi connectivity index (χ1n) is 4.38. The van der Waals surface area contributed by atoms with E-state index in [1.54, 1.807) is 6.92 Å². The molecule has 1 aromatic carbocycles. The largest absolute Gasteiger partial charge is 0.508 e. The van der Waals surface area contributed by atoms with Crippen molar-refractivity contribution in [1.29, 1.82) is 0 Å². The molecule has 82 valence electrons. The molecule has 1 amide bonds. The lowest BCUT2D eigenvalue weighted by atomic mass is 10.0. The van der Waals surface area contributed by atoms with Crippen LogP contribution in [0.15, 0.2) is 18.2 Å². The molecular formula is C10H13NO4. The maximum atomic E-state index is 10.6. The molecule has 0 heterocycles. The zero-order chi connectivity index (χ0) is 11.6. The number of amides is 1. The van der Waals surface area contributed by atoms with Crippen molar-refractivity contribution >= 4 is 5.91 Å². The van der Waals surface area contributed by atoms with Gasteiger partial charge in [0.2, 0.25) is 5.91 Å². The van der Waals surface area contributed by atoms with E-state index >= 15 is 0 Å². The van der Waals surface area contributed by atoms with Gasteiger partial charge in [-0.15, -0.1) is 0 Å². The molecule has 0 bridgehead atoms. The van der Waals surface area contributed by atoms with Gasteiger partial charge in [0.1, 0.15) is 11.9 Å². The van der Waals surface area contributed by atoms with E-state index in [4.69, 9.17) is 5.73 Å². The number of benzene rings is 1. The molecule has 5 nitrogen and oxygen atoms in total. The molecule has 0 spiro atoms. The van der Waals surface area contributed by atoms with Crippen LogP contribution >= 0.6 is 0 Å². The summed E-state index contributed by atoms with van der Waals surface area (Å²) in [5, 5.41) is 28.0. The van der Waals surface area contributed by atoms with E-state index in [0.717, 1.165) is 0 Å². The number of carbonyl (C=O) groups excluding carboxylic acids is 1. The smallest absolute Gasteiger partial charge is 0.249 e. The van der Waals surface area contributed by atoms with Crippen LogP contribution in [0.4, 0.5) is 0 Å². The fourth-order valence-corrected chi connectivity index (χ4v) is 1.20. The van der Waals surface area contributed by atoms with Crippen molar-refractivity contribution in [3.05, 3.63) is 29.3 Å². The molecule has 0 radical (unpaired) electrons. The number of aliphatic hydroxyl groups is 2. The minimum atomic E-state index is -1.64. The maximum absolute atomic E-state index is 10.6. The zero-order valence-electron chi connectivity index (χ0n) is 8.21. The third kappa shape index (κ3) is 2.45. The van der Waals surface area contributed by atoms with Crippen LogP contribution in [0.25, 0.3) is 0 Å². The minimum Gasteiger partial charge on any atom is -0.508 e. The summed E-state index contributed by atoms with van der Waals surface area (Å²) >= 11 is 0. The van der Waals surface area contributed by atoms with E-state index in [1.165, 1.54) is 18.2 Å². The Morgan fingerprint density at radius 1 is 1.40 bits per heavy atom. The number of hydrogen-bond donors (Lipinski definition) is 4. The second kappa shape index (κ2) is 4.29. The van der Waals surface area contributed by atoms with Crippen LogP contribution in [0.1, 0.15) is 17.2 Å². The Bertz CT molecular complexity index is 378. The topological polar surface area (TPSA) is 104 Å². The van der Waals surface area contributed by atoms with Crippen molar-refractivity contribution in [1.82, 2.24) is 0 Å². The third-order valence-corrected chi connectivity index (χ3v) is 2.15. The van der Waals surface area contributed by atoms with E-state index in [-0.39, 0.29) is 5.75 Å². The second-order valence-electron chi connectivity index (χ2n) is 3.34. The summed E-state index contributed by atoms with van der Waals surface area (Å²) in [6.45, 7) is 1.64. The van der Waals surface area contributed by atoms with E-state index in [2.05, 4.69) is 0 Å². The lowest BCUT2D eigenvalue weighted by Crippen LogP contribution is -2.33. The van der Waals surface area contributed by atoms with Gasteiger partial charge in [0.15, 0.2) is 6.10 Å². The Morgan fingerprint density at radius 2 is 2.00 bits per heavy atom. The first kappa shape index (κ1) is 11.5. The van der Waals surface area contributed by atoms with Gasteiger partial charge in [-0.1, -0.05) is 6.07 Å². The molecule has 5 heteroatoms. The molecule has 2 unspecified atom stereocenters. The molecule has 0 aliphatic carbocycles. The lowest BCUT2D eigenvalue weighted by molar-refractivity contribution is -0.131. The number of aliphatic hydroxyl groups excluding tert-OH is 2. The Hall–Kier alpha value is -1.59. The Morgan fingerprint density at radius 3 is 2.47 bits per heavy atom. The molecule has 0 aliphatic heterocycles. The van der Waals surface area contributed by atoms with E-state index in [1.807, 2.05) is 0 Å². The van der Waals surface area contributed by atoms with E-state index < -0.39 is 18.1 Å². The summed E-state index contributed by atoms with van der Waals surface area (Å²) in [7, 11) is 0. The van der Waals surface area contributed by atoms with Crippen LogP contribution in [0, 0.1) is 6.92 Å². The fraction of sp³-hybridized carbons (Fsp3) is 0.300. The monoisotopic (exact) mass is 211 g/mol. The SMILES string of the molecule is Cc1cc(C(O)C(O)C(N)=O)ccc1O. The van der Waals surface area contributed by atoms with Gasteiger partial charge in [-0.3, -0.25) is 4.79 Å². The number of hydrogen-bond acceptors (Lipinski definition) is 4. The normalized spacial score (nSPS) is 14.6. The molecule has 1 aromatic rings. The zero-order valence-corrected chi connectivity index (χ0v) is 8.21. The molecular weight excluding hydrogens is 198 g/mol. The highest BCUT2D eigenvalue weighted by molar-refractivity contribution is 5.79. The Kier molecular flexibility index (Phi) is 3.28. The maximum Gasteiger partial charge on any atom is 0.249 e. The van der Waals surface area contributed by atoms with Gasteiger partial charge >= 0.3 is 0 Å². The number of phenols is 1. The number of nitrogens with two attached hydrogens (primary N) is 1. The summed E-state index contributed by atoms with van der Waals surface area (Å²) in [6.07, 6.45) is -3.02. The predicted molar refractivity (Wildman–Crippen MR) is 53.0 cm³/mol. The van der Waals surface area contributed by atoms with Crippen LogP contribution in [-0.4, -0.2) is 27.3 Å². The summed E-state index contributed by atoms with van der Waals surface area (Å²) in [4.78, 5) is 10.6. The molecule has 0 fully saturated rings. The number of primary amides is 1. The van der Waals surface area contributed by atoms with Crippen molar-refractivity contribution in [2.75, 3.05) is 0 Å². The van der Waals surface area contributed by atoms with Crippen LogP contribution in [0.5, 0.6) is 5.75 Å². The van der Waals surface area contributed by atoms with Gasteiger partial charge in [0.05, 0.1) is 0 Å². The van der Waals surface area contributed by atoms with Crippen molar-refractivity contribution < 1.29 is 20.1 Å². The van der Waals surface area contributed by atoms with Crippen molar-refractivity contribution in [3.8, 4) is 5.75 Å². The molecule has 0 saturated heterocycles. The lowest BCUT2D eigenvalue weighted by Gasteiger charge is -2.15. The van der Waals surface area contributed by atoms with Gasteiger partial charge in [-0.05, 0) is 30.2 Å². The molecule has 0 saturated carbocycles. The number of carbonyl (C=O) groups is 1. The van der Waals surface area contributed by atoms with Gasteiger partial charge in [-0.2, -0.15) is 0 Å². The molecule has 1 rings (SSSR count). The molecule has 0 aromatic heterocycles. The highest BCUT2D eigenvalue weighted by Crippen LogP contribution is 2.23. The molecule has 5 N–H and O–H groups in total. The minimum absolute atomic E-state index is 0.0829. The van der Waals surface area contributed by atoms with Gasteiger partial charge in [0, 0.05) is 0 Å². The summed E-state index contributed by atoms with van der Waals surface area (Å²) in [5.41, 5.74) is 5.72. The molecule has 15 heavy (non-hydrogen) atoms. The van der Waals surface area contributed by atoms with Crippen LogP contribution in [0.3, 0.4) is 0 Å². The van der Waals surface area contributed by atoms with Gasteiger partial charge < -0.3 is 21.1 Å². The van der Waals surface area contributed by atoms with Crippen LogP contribution in [-0.2, 0) is 4.79 Å². The molecule has 0 aliphatic rings. The number of phenolic OH excluding ortho intramolecular Hbond substituents is 1. The Balaban J connectivity index is 2.96. The summed E-state index contributed by atoms with van der Waals surface area (Å²) in [6, 6.07) is 4.27. The second-order valence-corrected chi connectivity index (χ2v) is 3.34. The average Bonchev–Trinajstić information content (AvgIpc) is 2.19. The number of aryl methyl sites for hydroxylation is 1. The summed E-state index contributed by atoms with van der Waals surface area (Å²) in [5.74, 6) is -0.909.